The summed E-state index contributed by atoms with van der Waals surface area (Å²) in [5.74, 6) is -0.902. The van der Waals surface area contributed by atoms with Gasteiger partial charge in [0.1, 0.15) is 5.54 Å². The van der Waals surface area contributed by atoms with E-state index in [4.69, 9.17) is 0 Å². The normalized spacial score (nSPS) is 24.0. The Labute approximate surface area is 126 Å². The van der Waals surface area contributed by atoms with Crippen molar-refractivity contribution in [2.24, 2.45) is 5.41 Å². The number of rotatable bonds is 4. The Morgan fingerprint density at radius 1 is 0.952 bits per heavy atom. The van der Waals surface area contributed by atoms with E-state index in [0.29, 0.717) is 19.4 Å². The molecular weight excluding hydrogens is 268 g/mol. The number of nitrogens with one attached hydrogen (secondary N) is 2. The zero-order valence-electron chi connectivity index (χ0n) is 13.0. The van der Waals surface area contributed by atoms with Crippen LogP contribution >= 0.6 is 0 Å². The van der Waals surface area contributed by atoms with E-state index in [1.165, 1.54) is 19.3 Å². The van der Waals surface area contributed by atoms with Crippen LogP contribution in [0.25, 0.3) is 0 Å². The van der Waals surface area contributed by atoms with Crippen LogP contribution in [0.4, 0.5) is 4.79 Å². The number of amides is 2. The number of hydrogen-bond donors (Lipinski definition) is 3. The maximum atomic E-state index is 12.1. The van der Waals surface area contributed by atoms with Gasteiger partial charge in [0.15, 0.2) is 0 Å². The summed E-state index contributed by atoms with van der Waals surface area (Å²) in [5.41, 5.74) is -0.894. The van der Waals surface area contributed by atoms with E-state index in [1.807, 2.05) is 0 Å². The van der Waals surface area contributed by atoms with Crippen LogP contribution in [-0.4, -0.2) is 29.2 Å². The summed E-state index contributed by atoms with van der Waals surface area (Å²) in [6, 6.07) is -0.328. The van der Waals surface area contributed by atoms with E-state index in [2.05, 4.69) is 17.6 Å². The van der Waals surface area contributed by atoms with Crippen LogP contribution in [0, 0.1) is 5.41 Å². The topological polar surface area (TPSA) is 78.4 Å². The van der Waals surface area contributed by atoms with E-state index in [-0.39, 0.29) is 11.4 Å². The molecular formula is C16H28N2O3. The quantitative estimate of drug-likeness (QED) is 0.746. The van der Waals surface area contributed by atoms with E-state index in [1.54, 1.807) is 0 Å². The summed E-state index contributed by atoms with van der Waals surface area (Å²) < 4.78 is 0. The van der Waals surface area contributed by atoms with E-state index in [9.17, 15) is 14.7 Å². The molecule has 5 nitrogen and oxygen atoms in total. The van der Waals surface area contributed by atoms with Crippen LogP contribution in [-0.2, 0) is 4.79 Å². The molecule has 0 bridgehead atoms. The van der Waals surface area contributed by atoms with Gasteiger partial charge < -0.3 is 15.7 Å². The van der Waals surface area contributed by atoms with Crippen molar-refractivity contribution < 1.29 is 14.7 Å². The average Bonchev–Trinajstić information content (AvgIpc) is 2.47. The molecule has 21 heavy (non-hydrogen) atoms. The molecule has 120 valence electrons. The van der Waals surface area contributed by atoms with Crippen molar-refractivity contribution in [2.75, 3.05) is 6.54 Å². The average molecular weight is 296 g/mol. The Morgan fingerprint density at radius 2 is 1.48 bits per heavy atom. The van der Waals surface area contributed by atoms with E-state index in [0.717, 1.165) is 32.1 Å². The molecule has 0 spiro atoms. The molecule has 0 aromatic carbocycles. The fraction of sp³-hybridized carbons (Fsp3) is 0.875. The zero-order chi connectivity index (χ0) is 15.3. The highest BCUT2D eigenvalue weighted by Crippen LogP contribution is 2.35. The molecule has 2 aliphatic carbocycles. The van der Waals surface area contributed by atoms with Gasteiger partial charge in [-0.2, -0.15) is 0 Å². The van der Waals surface area contributed by atoms with E-state index >= 15 is 0 Å². The van der Waals surface area contributed by atoms with Crippen molar-refractivity contribution in [3.05, 3.63) is 0 Å². The molecule has 0 aliphatic heterocycles. The van der Waals surface area contributed by atoms with Gasteiger partial charge in [-0.1, -0.05) is 45.4 Å². The molecule has 2 saturated carbocycles. The van der Waals surface area contributed by atoms with Gasteiger partial charge >= 0.3 is 12.0 Å². The molecule has 3 N–H and O–H groups in total. The van der Waals surface area contributed by atoms with Crippen LogP contribution in [0.2, 0.25) is 0 Å². The third kappa shape index (κ3) is 4.11. The second-order valence-corrected chi connectivity index (χ2v) is 7.13. The standard InChI is InChI=1S/C16H28N2O3/c1-15(8-4-2-5-9-15)12-17-14(21)18-16(13(19)20)10-6-3-7-11-16/h2-12H2,1H3,(H,19,20)(H2,17,18,21). The molecule has 2 fully saturated rings. The molecule has 0 unspecified atom stereocenters. The van der Waals surface area contributed by atoms with Gasteiger partial charge in [-0.15, -0.1) is 0 Å². The number of carbonyl (C=O) groups excluding carboxylic acids is 1. The maximum Gasteiger partial charge on any atom is 0.329 e. The molecule has 0 aromatic rings. The van der Waals surface area contributed by atoms with Crippen molar-refractivity contribution >= 4 is 12.0 Å². The third-order valence-corrected chi connectivity index (χ3v) is 5.21. The van der Waals surface area contributed by atoms with Crippen molar-refractivity contribution in [3.63, 3.8) is 0 Å². The number of carbonyl (C=O) groups is 2. The molecule has 5 heteroatoms. The monoisotopic (exact) mass is 296 g/mol. The smallest absolute Gasteiger partial charge is 0.329 e. The lowest BCUT2D eigenvalue weighted by Crippen LogP contribution is -2.58. The van der Waals surface area contributed by atoms with Crippen LogP contribution in [0.3, 0.4) is 0 Å². The van der Waals surface area contributed by atoms with Gasteiger partial charge in [-0.25, -0.2) is 9.59 Å². The second-order valence-electron chi connectivity index (χ2n) is 7.13. The lowest BCUT2D eigenvalue weighted by molar-refractivity contribution is -0.145. The minimum absolute atomic E-state index is 0.165. The molecule has 0 saturated heterocycles. The summed E-state index contributed by atoms with van der Waals surface area (Å²) in [7, 11) is 0. The van der Waals surface area contributed by atoms with Gasteiger partial charge in [-0.05, 0) is 31.1 Å². The minimum atomic E-state index is -1.06. The van der Waals surface area contributed by atoms with Crippen molar-refractivity contribution in [1.29, 1.82) is 0 Å². The fourth-order valence-corrected chi connectivity index (χ4v) is 3.68. The van der Waals surface area contributed by atoms with Crippen LogP contribution < -0.4 is 10.6 Å². The number of urea groups is 1. The zero-order valence-corrected chi connectivity index (χ0v) is 13.0. The van der Waals surface area contributed by atoms with Gasteiger partial charge in [0.2, 0.25) is 0 Å². The minimum Gasteiger partial charge on any atom is -0.480 e. The Balaban J connectivity index is 1.86. The molecule has 0 aromatic heterocycles. The van der Waals surface area contributed by atoms with Crippen molar-refractivity contribution in [1.82, 2.24) is 10.6 Å². The summed E-state index contributed by atoms with van der Waals surface area (Å²) in [6.07, 6.45) is 9.85. The first-order valence-electron chi connectivity index (χ1n) is 8.25. The molecule has 2 aliphatic rings. The van der Waals surface area contributed by atoms with Crippen LogP contribution in [0.15, 0.2) is 0 Å². The second kappa shape index (κ2) is 6.67. The first-order valence-corrected chi connectivity index (χ1v) is 8.25. The Kier molecular flexibility index (Phi) is 5.12. The first-order chi connectivity index (χ1) is 9.96. The molecule has 0 atom stereocenters. The lowest BCUT2D eigenvalue weighted by Gasteiger charge is -2.36. The van der Waals surface area contributed by atoms with Gasteiger partial charge in [0, 0.05) is 6.54 Å². The predicted octanol–water partition coefficient (Wildman–Crippen LogP) is 3.04. The van der Waals surface area contributed by atoms with Gasteiger partial charge in [-0.3, -0.25) is 0 Å². The Hall–Kier alpha value is -1.26. The lowest BCUT2D eigenvalue weighted by atomic mass is 9.76. The number of hydrogen-bond acceptors (Lipinski definition) is 2. The predicted molar refractivity (Wildman–Crippen MR) is 81.2 cm³/mol. The molecule has 2 rings (SSSR count). The molecule has 0 heterocycles. The summed E-state index contributed by atoms with van der Waals surface area (Å²) in [5, 5.41) is 15.1. The summed E-state index contributed by atoms with van der Waals surface area (Å²) in [4.78, 5) is 23.7. The highest BCUT2D eigenvalue weighted by Gasteiger charge is 2.41. The van der Waals surface area contributed by atoms with Gasteiger partial charge in [0.05, 0.1) is 0 Å². The highest BCUT2D eigenvalue weighted by atomic mass is 16.4. The fourth-order valence-electron chi connectivity index (χ4n) is 3.68. The summed E-state index contributed by atoms with van der Waals surface area (Å²) in [6.45, 7) is 2.84. The highest BCUT2D eigenvalue weighted by molar-refractivity contribution is 5.86. The Bertz CT molecular complexity index is 383. The van der Waals surface area contributed by atoms with Crippen molar-refractivity contribution in [3.8, 4) is 0 Å². The van der Waals surface area contributed by atoms with Gasteiger partial charge in [0.25, 0.3) is 0 Å². The Morgan fingerprint density at radius 3 is 2.00 bits per heavy atom. The number of aliphatic carboxylic acids is 1. The maximum absolute atomic E-state index is 12.1. The first kappa shape index (κ1) is 16.1. The van der Waals surface area contributed by atoms with Crippen molar-refractivity contribution in [2.45, 2.75) is 76.7 Å². The molecule has 2 amide bonds. The number of carboxylic acids is 1. The SMILES string of the molecule is CC1(CNC(=O)NC2(C(=O)O)CCCCC2)CCCCC1. The summed E-state index contributed by atoms with van der Waals surface area (Å²) >= 11 is 0. The van der Waals surface area contributed by atoms with Crippen LogP contribution in [0.5, 0.6) is 0 Å². The third-order valence-electron chi connectivity index (χ3n) is 5.21. The number of carboxylic acid groups (broad SMARTS) is 1. The molecule has 0 radical (unpaired) electrons. The largest absolute Gasteiger partial charge is 0.480 e. The van der Waals surface area contributed by atoms with Crippen LogP contribution in [0.1, 0.15) is 71.1 Å². The van der Waals surface area contributed by atoms with E-state index < -0.39 is 11.5 Å².